The van der Waals surface area contributed by atoms with Gasteiger partial charge in [-0.3, -0.25) is 14.5 Å². The minimum Gasteiger partial charge on any atom is -0.507 e. The molecule has 3 aromatic rings. The molecule has 1 unspecified atom stereocenters. The second kappa shape index (κ2) is 7.64. The Balaban J connectivity index is 1.93. The summed E-state index contributed by atoms with van der Waals surface area (Å²) < 4.78 is 5.22. The molecule has 1 atom stereocenters. The van der Waals surface area contributed by atoms with Crippen LogP contribution in [-0.4, -0.2) is 23.9 Å². The number of ether oxygens (including phenoxy) is 1. The van der Waals surface area contributed by atoms with Crippen LogP contribution in [0.2, 0.25) is 0 Å². The van der Waals surface area contributed by atoms with Gasteiger partial charge in [0.2, 0.25) is 0 Å². The molecule has 1 amide bonds. The summed E-state index contributed by atoms with van der Waals surface area (Å²) in [5.74, 6) is -0.915. The van der Waals surface area contributed by atoms with E-state index in [1.165, 1.54) is 4.90 Å². The Kier molecular flexibility index (Phi) is 4.87. The van der Waals surface area contributed by atoms with E-state index < -0.39 is 17.7 Å². The third-order valence-corrected chi connectivity index (χ3v) is 4.96. The van der Waals surface area contributed by atoms with E-state index in [-0.39, 0.29) is 11.3 Å². The maximum atomic E-state index is 13.0. The Labute approximate surface area is 168 Å². The SMILES string of the molecule is COc1ccc(C2/C(=C(/O)c3ccccc3)C(=O)C(=O)N2c2ccccc2)cc1. The molecule has 3 aromatic carbocycles. The van der Waals surface area contributed by atoms with Crippen molar-refractivity contribution < 1.29 is 19.4 Å². The lowest BCUT2D eigenvalue weighted by molar-refractivity contribution is -0.132. The fraction of sp³-hybridized carbons (Fsp3) is 0.0833. The first-order valence-corrected chi connectivity index (χ1v) is 9.17. The summed E-state index contributed by atoms with van der Waals surface area (Å²) in [5, 5.41) is 11.0. The monoisotopic (exact) mass is 385 g/mol. The van der Waals surface area contributed by atoms with E-state index in [0.29, 0.717) is 22.6 Å². The summed E-state index contributed by atoms with van der Waals surface area (Å²) in [7, 11) is 1.57. The molecule has 5 heteroatoms. The highest BCUT2D eigenvalue weighted by atomic mass is 16.5. The predicted octanol–water partition coefficient (Wildman–Crippen LogP) is 4.32. The molecule has 1 aliphatic heterocycles. The van der Waals surface area contributed by atoms with Crippen LogP contribution in [0.5, 0.6) is 5.75 Å². The number of methoxy groups -OCH3 is 1. The first kappa shape index (κ1) is 18.5. The van der Waals surface area contributed by atoms with E-state index in [4.69, 9.17) is 4.74 Å². The van der Waals surface area contributed by atoms with E-state index in [9.17, 15) is 14.7 Å². The van der Waals surface area contributed by atoms with Gasteiger partial charge in [-0.05, 0) is 29.8 Å². The maximum absolute atomic E-state index is 13.0. The number of nitrogens with zero attached hydrogens (tertiary/aromatic N) is 1. The number of benzene rings is 3. The van der Waals surface area contributed by atoms with E-state index in [2.05, 4.69) is 0 Å². The topological polar surface area (TPSA) is 66.8 Å². The minimum absolute atomic E-state index is 0.0650. The Morgan fingerprint density at radius 1 is 0.862 bits per heavy atom. The molecule has 1 N–H and O–H groups in total. The van der Waals surface area contributed by atoms with Crippen LogP contribution < -0.4 is 9.64 Å². The predicted molar refractivity (Wildman–Crippen MR) is 111 cm³/mol. The first-order valence-electron chi connectivity index (χ1n) is 9.17. The summed E-state index contributed by atoms with van der Waals surface area (Å²) in [5.41, 5.74) is 1.83. The van der Waals surface area contributed by atoms with Crippen LogP contribution in [0.3, 0.4) is 0 Å². The summed E-state index contributed by atoms with van der Waals surface area (Å²) in [6.07, 6.45) is 0. The highest BCUT2D eigenvalue weighted by Gasteiger charge is 2.46. The molecule has 0 radical (unpaired) electrons. The number of hydrogen-bond acceptors (Lipinski definition) is 4. The fourth-order valence-corrected chi connectivity index (χ4v) is 3.54. The van der Waals surface area contributed by atoms with Gasteiger partial charge in [-0.1, -0.05) is 60.7 Å². The Bertz CT molecular complexity index is 1070. The van der Waals surface area contributed by atoms with E-state index >= 15 is 0 Å². The zero-order valence-electron chi connectivity index (χ0n) is 15.8. The summed E-state index contributed by atoms with van der Waals surface area (Å²) in [6.45, 7) is 0. The molecule has 29 heavy (non-hydrogen) atoms. The number of rotatable bonds is 4. The highest BCUT2D eigenvalue weighted by molar-refractivity contribution is 6.51. The molecular formula is C24H19NO4. The van der Waals surface area contributed by atoms with Crippen molar-refractivity contribution in [1.29, 1.82) is 0 Å². The quantitative estimate of drug-likeness (QED) is 0.413. The van der Waals surface area contributed by atoms with Gasteiger partial charge in [0.15, 0.2) is 0 Å². The summed E-state index contributed by atoms with van der Waals surface area (Å²) in [6, 6.07) is 24.1. The molecule has 1 heterocycles. The fourth-order valence-electron chi connectivity index (χ4n) is 3.54. The third-order valence-electron chi connectivity index (χ3n) is 4.96. The molecule has 0 saturated carbocycles. The minimum atomic E-state index is -0.747. The van der Waals surface area contributed by atoms with Crippen LogP contribution in [0.4, 0.5) is 5.69 Å². The van der Waals surface area contributed by atoms with E-state index in [1.54, 1.807) is 79.9 Å². The van der Waals surface area contributed by atoms with Crippen molar-refractivity contribution in [1.82, 2.24) is 0 Å². The number of hydrogen-bond donors (Lipinski definition) is 1. The smallest absolute Gasteiger partial charge is 0.300 e. The van der Waals surface area contributed by atoms with Gasteiger partial charge in [0.1, 0.15) is 11.5 Å². The molecule has 1 aliphatic rings. The summed E-state index contributed by atoms with van der Waals surface area (Å²) in [4.78, 5) is 27.4. The average molecular weight is 385 g/mol. The average Bonchev–Trinajstić information content (AvgIpc) is 3.05. The van der Waals surface area contributed by atoms with Crippen LogP contribution in [0.25, 0.3) is 5.76 Å². The van der Waals surface area contributed by atoms with Crippen molar-refractivity contribution in [2.75, 3.05) is 12.0 Å². The number of carbonyl (C=O) groups excluding carboxylic acids is 2. The van der Waals surface area contributed by atoms with Crippen LogP contribution in [-0.2, 0) is 9.59 Å². The van der Waals surface area contributed by atoms with Gasteiger partial charge < -0.3 is 9.84 Å². The van der Waals surface area contributed by atoms with Crippen LogP contribution in [0.1, 0.15) is 17.2 Å². The number of amides is 1. The van der Waals surface area contributed by atoms with Crippen molar-refractivity contribution in [3.63, 3.8) is 0 Å². The van der Waals surface area contributed by atoms with Crippen LogP contribution in [0.15, 0.2) is 90.5 Å². The van der Waals surface area contributed by atoms with Crippen molar-refractivity contribution in [3.05, 3.63) is 102 Å². The third kappa shape index (κ3) is 3.27. The standard InChI is InChI=1S/C24H19NO4/c1-29-19-14-12-16(13-15-19)21-20(22(26)17-8-4-2-5-9-17)23(27)24(28)25(21)18-10-6-3-7-11-18/h2-15,21,26H,1H3/b22-20-. The van der Waals surface area contributed by atoms with Crippen molar-refractivity contribution >= 4 is 23.1 Å². The largest absolute Gasteiger partial charge is 0.507 e. The molecule has 0 aromatic heterocycles. The number of anilines is 1. The molecule has 1 fully saturated rings. The van der Waals surface area contributed by atoms with Gasteiger partial charge in [0.05, 0.1) is 18.7 Å². The molecular weight excluding hydrogens is 366 g/mol. The van der Waals surface area contributed by atoms with Gasteiger partial charge in [0.25, 0.3) is 11.7 Å². The number of carbonyl (C=O) groups is 2. The normalized spacial score (nSPS) is 18.1. The van der Waals surface area contributed by atoms with Gasteiger partial charge in [0, 0.05) is 11.3 Å². The van der Waals surface area contributed by atoms with Gasteiger partial charge in [-0.25, -0.2) is 0 Å². The zero-order valence-corrected chi connectivity index (χ0v) is 15.8. The highest BCUT2D eigenvalue weighted by Crippen LogP contribution is 2.42. The number of aliphatic hydroxyl groups is 1. The number of aliphatic hydroxyl groups excluding tert-OH is 1. The first-order chi connectivity index (χ1) is 14.1. The Morgan fingerprint density at radius 2 is 1.45 bits per heavy atom. The molecule has 0 aliphatic carbocycles. The van der Waals surface area contributed by atoms with E-state index in [0.717, 1.165) is 0 Å². The number of ketones is 1. The Hall–Kier alpha value is -3.86. The molecule has 144 valence electrons. The van der Waals surface area contributed by atoms with Crippen molar-refractivity contribution in [2.45, 2.75) is 6.04 Å². The molecule has 1 saturated heterocycles. The summed E-state index contributed by atoms with van der Waals surface area (Å²) >= 11 is 0. The molecule has 0 bridgehead atoms. The number of Topliss-reactive ketones (excluding diaryl/α,β-unsaturated/α-hetero) is 1. The Morgan fingerprint density at radius 3 is 2.03 bits per heavy atom. The maximum Gasteiger partial charge on any atom is 0.300 e. The van der Waals surface area contributed by atoms with Gasteiger partial charge in [-0.2, -0.15) is 0 Å². The lowest BCUT2D eigenvalue weighted by atomic mass is 9.95. The van der Waals surface area contributed by atoms with Crippen LogP contribution >= 0.6 is 0 Å². The molecule has 0 spiro atoms. The number of para-hydroxylation sites is 1. The van der Waals surface area contributed by atoms with Gasteiger partial charge >= 0.3 is 0 Å². The van der Waals surface area contributed by atoms with E-state index in [1.807, 2.05) is 12.1 Å². The molecule has 5 nitrogen and oxygen atoms in total. The molecule has 4 rings (SSSR count). The second-order valence-corrected chi connectivity index (χ2v) is 6.64. The second-order valence-electron chi connectivity index (χ2n) is 6.64. The zero-order chi connectivity index (χ0) is 20.4. The lowest BCUT2D eigenvalue weighted by Crippen LogP contribution is -2.29. The van der Waals surface area contributed by atoms with Crippen molar-refractivity contribution in [2.24, 2.45) is 0 Å². The van der Waals surface area contributed by atoms with Crippen LogP contribution in [0, 0.1) is 0 Å². The van der Waals surface area contributed by atoms with Gasteiger partial charge in [-0.15, -0.1) is 0 Å². The van der Waals surface area contributed by atoms with Crippen molar-refractivity contribution in [3.8, 4) is 5.75 Å². The lowest BCUT2D eigenvalue weighted by Gasteiger charge is -2.25.